The summed E-state index contributed by atoms with van der Waals surface area (Å²) in [5, 5.41) is 15.1. The van der Waals surface area contributed by atoms with Crippen LogP contribution in [0.1, 0.15) is 39.5 Å². The van der Waals surface area contributed by atoms with E-state index in [4.69, 9.17) is 5.11 Å². The molecule has 0 aromatic rings. The summed E-state index contributed by atoms with van der Waals surface area (Å²) in [5.74, 6) is 0.312. The Balaban J connectivity index is 0.00000289. The maximum atomic E-state index is 11.9. The number of halogens is 1. The molecule has 4 nitrogen and oxygen atoms in total. The molecule has 0 radical (unpaired) electrons. The van der Waals surface area contributed by atoms with Crippen molar-refractivity contribution < 1.29 is 9.90 Å². The third-order valence-electron chi connectivity index (χ3n) is 3.42. The highest BCUT2D eigenvalue weighted by atomic mass is 35.5. The van der Waals surface area contributed by atoms with Crippen LogP contribution in [0.3, 0.4) is 0 Å². The highest BCUT2D eigenvalue weighted by Gasteiger charge is 2.23. The number of nitrogens with one attached hydrogen (secondary N) is 2. The van der Waals surface area contributed by atoms with Gasteiger partial charge in [-0.2, -0.15) is 0 Å². The van der Waals surface area contributed by atoms with E-state index in [1.54, 1.807) is 0 Å². The van der Waals surface area contributed by atoms with Crippen molar-refractivity contribution >= 4 is 18.3 Å². The molecule has 1 fully saturated rings. The van der Waals surface area contributed by atoms with E-state index in [-0.39, 0.29) is 36.3 Å². The summed E-state index contributed by atoms with van der Waals surface area (Å²) in [4.78, 5) is 11.9. The number of hydrogen-bond acceptors (Lipinski definition) is 3. The molecule has 1 aliphatic rings. The Morgan fingerprint density at radius 3 is 2.78 bits per heavy atom. The molecule has 0 aliphatic carbocycles. The number of piperidine rings is 1. The van der Waals surface area contributed by atoms with Crippen molar-refractivity contribution in [1.29, 1.82) is 0 Å². The zero-order chi connectivity index (χ0) is 12.7. The fourth-order valence-electron chi connectivity index (χ4n) is 2.19. The van der Waals surface area contributed by atoms with E-state index in [1.807, 2.05) is 0 Å². The van der Waals surface area contributed by atoms with E-state index in [2.05, 4.69) is 24.5 Å². The van der Waals surface area contributed by atoms with Gasteiger partial charge in [0.2, 0.25) is 5.91 Å². The lowest BCUT2D eigenvalue weighted by atomic mass is 9.87. The first-order valence-corrected chi connectivity index (χ1v) is 6.64. The van der Waals surface area contributed by atoms with Gasteiger partial charge in [0.15, 0.2) is 0 Å². The van der Waals surface area contributed by atoms with E-state index < -0.39 is 0 Å². The summed E-state index contributed by atoms with van der Waals surface area (Å²) in [5.41, 5.74) is 0.0699. The molecule has 1 saturated heterocycles. The van der Waals surface area contributed by atoms with Crippen molar-refractivity contribution in [2.45, 2.75) is 39.5 Å². The quantitative estimate of drug-likeness (QED) is 0.687. The first-order valence-electron chi connectivity index (χ1n) is 6.64. The molecule has 0 aromatic carbocycles. The second-order valence-corrected chi connectivity index (χ2v) is 5.75. The van der Waals surface area contributed by atoms with Crippen LogP contribution in [-0.2, 0) is 4.79 Å². The Bertz CT molecular complexity index is 241. The molecule has 1 rings (SSSR count). The number of aliphatic hydroxyl groups excluding tert-OH is 1. The van der Waals surface area contributed by atoms with E-state index in [0.717, 1.165) is 38.8 Å². The molecule has 3 N–H and O–H groups in total. The molecule has 108 valence electrons. The van der Waals surface area contributed by atoms with Gasteiger partial charge in [0.25, 0.3) is 0 Å². The fourth-order valence-corrected chi connectivity index (χ4v) is 2.19. The van der Waals surface area contributed by atoms with Crippen molar-refractivity contribution in [3.8, 4) is 0 Å². The standard InChI is InChI=1S/C13H26N2O2.ClH/c1-13(2,6-4-8-16)10-15-12(17)11-5-3-7-14-9-11;/h11,14,16H,3-10H2,1-2H3,(H,15,17);1H/t11-;/m1./s1. The van der Waals surface area contributed by atoms with Crippen molar-refractivity contribution in [2.24, 2.45) is 11.3 Å². The van der Waals surface area contributed by atoms with Crippen molar-refractivity contribution in [3.63, 3.8) is 0 Å². The van der Waals surface area contributed by atoms with Crippen LogP contribution in [0.2, 0.25) is 0 Å². The van der Waals surface area contributed by atoms with Crippen LogP contribution in [0.5, 0.6) is 0 Å². The lowest BCUT2D eigenvalue weighted by Crippen LogP contribution is -2.43. The third kappa shape index (κ3) is 6.57. The molecule has 0 unspecified atom stereocenters. The Labute approximate surface area is 116 Å². The molecule has 0 spiro atoms. The third-order valence-corrected chi connectivity index (χ3v) is 3.42. The highest BCUT2D eigenvalue weighted by molar-refractivity contribution is 5.85. The maximum Gasteiger partial charge on any atom is 0.224 e. The van der Waals surface area contributed by atoms with Gasteiger partial charge < -0.3 is 15.7 Å². The lowest BCUT2D eigenvalue weighted by Gasteiger charge is -2.27. The molecule has 0 saturated carbocycles. The average Bonchev–Trinajstić information content (AvgIpc) is 2.35. The molecule has 1 aliphatic heterocycles. The smallest absolute Gasteiger partial charge is 0.224 e. The summed E-state index contributed by atoms with van der Waals surface area (Å²) in [6, 6.07) is 0. The predicted octanol–water partition coefficient (Wildman–Crippen LogP) is 1.32. The van der Waals surface area contributed by atoms with Gasteiger partial charge in [0.05, 0.1) is 5.92 Å². The molecule has 0 aromatic heterocycles. The van der Waals surface area contributed by atoms with Crippen LogP contribution in [0, 0.1) is 11.3 Å². The van der Waals surface area contributed by atoms with Gasteiger partial charge >= 0.3 is 0 Å². The molecule has 18 heavy (non-hydrogen) atoms. The van der Waals surface area contributed by atoms with Gasteiger partial charge in [-0.3, -0.25) is 4.79 Å². The number of amides is 1. The molecule has 1 heterocycles. The Hall–Kier alpha value is -0.320. The first kappa shape index (κ1) is 17.7. The summed E-state index contributed by atoms with van der Waals surface area (Å²) in [6.07, 6.45) is 3.82. The molecular weight excluding hydrogens is 252 g/mol. The molecular formula is C13H27ClN2O2. The number of hydrogen-bond donors (Lipinski definition) is 3. The lowest BCUT2D eigenvalue weighted by molar-refractivity contribution is -0.125. The van der Waals surface area contributed by atoms with Crippen molar-refractivity contribution in [2.75, 3.05) is 26.2 Å². The second kappa shape index (κ2) is 8.73. The Morgan fingerprint density at radius 1 is 1.50 bits per heavy atom. The van der Waals surface area contributed by atoms with Gasteiger partial charge in [-0.05, 0) is 37.6 Å². The van der Waals surface area contributed by atoms with Crippen LogP contribution in [0.25, 0.3) is 0 Å². The fraction of sp³-hybridized carbons (Fsp3) is 0.923. The SMILES string of the molecule is CC(C)(CCCO)CNC(=O)[C@@H]1CCCNC1.Cl. The number of rotatable bonds is 6. The van der Waals surface area contributed by atoms with Gasteiger partial charge in [-0.1, -0.05) is 13.8 Å². The summed E-state index contributed by atoms with van der Waals surface area (Å²) < 4.78 is 0. The minimum atomic E-state index is 0. The second-order valence-electron chi connectivity index (χ2n) is 5.75. The van der Waals surface area contributed by atoms with Crippen LogP contribution in [-0.4, -0.2) is 37.3 Å². The zero-order valence-corrected chi connectivity index (χ0v) is 12.3. The minimum Gasteiger partial charge on any atom is -0.396 e. The van der Waals surface area contributed by atoms with E-state index >= 15 is 0 Å². The largest absolute Gasteiger partial charge is 0.396 e. The molecule has 1 amide bonds. The summed E-state index contributed by atoms with van der Waals surface area (Å²) >= 11 is 0. The number of aliphatic hydroxyl groups is 1. The molecule has 5 heteroatoms. The summed E-state index contributed by atoms with van der Waals surface area (Å²) in [6.45, 7) is 7.02. The topological polar surface area (TPSA) is 61.4 Å². The van der Waals surface area contributed by atoms with Crippen molar-refractivity contribution in [3.05, 3.63) is 0 Å². The molecule has 1 atom stereocenters. The van der Waals surface area contributed by atoms with Gasteiger partial charge in [0, 0.05) is 19.7 Å². The van der Waals surface area contributed by atoms with Crippen LogP contribution in [0.15, 0.2) is 0 Å². The molecule has 0 bridgehead atoms. The van der Waals surface area contributed by atoms with E-state index in [1.165, 1.54) is 0 Å². The van der Waals surface area contributed by atoms with Crippen molar-refractivity contribution in [1.82, 2.24) is 10.6 Å². The first-order chi connectivity index (χ1) is 8.05. The van der Waals surface area contributed by atoms with Gasteiger partial charge in [-0.15, -0.1) is 12.4 Å². The minimum absolute atomic E-state index is 0. The van der Waals surface area contributed by atoms with Crippen LogP contribution in [0.4, 0.5) is 0 Å². The number of carbonyl (C=O) groups excluding carboxylic acids is 1. The van der Waals surface area contributed by atoms with E-state index in [9.17, 15) is 4.79 Å². The van der Waals surface area contributed by atoms with Gasteiger partial charge in [0.1, 0.15) is 0 Å². The average molecular weight is 279 g/mol. The van der Waals surface area contributed by atoms with Crippen LogP contribution < -0.4 is 10.6 Å². The number of carbonyl (C=O) groups is 1. The zero-order valence-electron chi connectivity index (χ0n) is 11.5. The monoisotopic (exact) mass is 278 g/mol. The normalized spacial score (nSPS) is 20.1. The maximum absolute atomic E-state index is 11.9. The van der Waals surface area contributed by atoms with E-state index in [0.29, 0.717) is 6.54 Å². The highest BCUT2D eigenvalue weighted by Crippen LogP contribution is 2.21. The Morgan fingerprint density at radius 2 is 2.22 bits per heavy atom. The van der Waals surface area contributed by atoms with Gasteiger partial charge in [-0.25, -0.2) is 0 Å². The Kier molecular flexibility index (Phi) is 8.57. The van der Waals surface area contributed by atoms with Crippen LogP contribution >= 0.6 is 12.4 Å². The predicted molar refractivity (Wildman–Crippen MR) is 76.0 cm³/mol. The summed E-state index contributed by atoms with van der Waals surface area (Å²) in [7, 11) is 0.